The Hall–Kier alpha value is -2.07. The molecule has 0 aliphatic carbocycles. The summed E-state index contributed by atoms with van der Waals surface area (Å²) in [5, 5.41) is 0.270. The minimum atomic E-state index is -0.116. The molecule has 0 spiro atoms. The number of aromatic nitrogens is 1. The van der Waals surface area contributed by atoms with E-state index < -0.39 is 0 Å². The van der Waals surface area contributed by atoms with Crippen LogP contribution >= 0.6 is 11.6 Å². The van der Waals surface area contributed by atoms with Gasteiger partial charge in [0.15, 0.2) is 0 Å². The highest BCUT2D eigenvalue weighted by molar-refractivity contribution is 6.29. The smallest absolute Gasteiger partial charge is 0.256 e. The van der Waals surface area contributed by atoms with Gasteiger partial charge in [-0.1, -0.05) is 41.9 Å². The van der Waals surface area contributed by atoms with Crippen molar-refractivity contribution in [1.29, 1.82) is 0 Å². The highest BCUT2D eigenvalue weighted by Gasteiger charge is 2.17. The molecule has 1 aromatic carbocycles. The molecule has 5 heteroatoms. The maximum absolute atomic E-state index is 12.5. The zero-order valence-electron chi connectivity index (χ0n) is 11.9. The van der Waals surface area contributed by atoms with Gasteiger partial charge in [0.1, 0.15) is 5.15 Å². The molecular weight excluding hydrogens is 286 g/mol. The number of rotatable bonds is 5. The lowest BCUT2D eigenvalue weighted by Gasteiger charge is -2.21. The number of hydrogen-bond acceptors (Lipinski definition) is 3. The molecule has 0 saturated heterocycles. The van der Waals surface area contributed by atoms with Crippen LogP contribution < -0.4 is 5.73 Å². The molecule has 0 unspecified atom stereocenters. The van der Waals surface area contributed by atoms with Gasteiger partial charge in [-0.15, -0.1) is 0 Å². The van der Waals surface area contributed by atoms with Crippen molar-refractivity contribution >= 4 is 23.2 Å². The molecule has 1 amide bonds. The van der Waals surface area contributed by atoms with Gasteiger partial charge in [0.05, 0.1) is 17.4 Å². The van der Waals surface area contributed by atoms with Gasteiger partial charge in [0, 0.05) is 13.1 Å². The van der Waals surface area contributed by atoms with Crippen molar-refractivity contribution in [2.75, 3.05) is 18.8 Å². The molecule has 2 aromatic rings. The average molecular weight is 304 g/mol. The standard InChI is InChI=1S/C16H18ClN3O/c1-2-20(9-8-12-6-4-3-5-7-12)16(21)13-10-15(17)19-11-14(13)18/h3-7,10-11H,2,8-9,18H2,1H3. The fourth-order valence-electron chi connectivity index (χ4n) is 2.11. The molecule has 1 heterocycles. The Balaban J connectivity index is 2.10. The largest absolute Gasteiger partial charge is 0.397 e. The van der Waals surface area contributed by atoms with Crippen LogP contribution in [0, 0.1) is 0 Å². The van der Waals surface area contributed by atoms with Gasteiger partial charge in [-0.05, 0) is 25.0 Å². The summed E-state index contributed by atoms with van der Waals surface area (Å²) in [6.45, 7) is 3.20. The average Bonchev–Trinajstić information content (AvgIpc) is 2.51. The molecule has 21 heavy (non-hydrogen) atoms. The Bertz CT molecular complexity index is 616. The SMILES string of the molecule is CCN(CCc1ccccc1)C(=O)c1cc(Cl)ncc1N. The summed E-state index contributed by atoms with van der Waals surface area (Å²) in [5.41, 5.74) is 7.78. The van der Waals surface area contributed by atoms with Gasteiger partial charge >= 0.3 is 0 Å². The zero-order valence-corrected chi connectivity index (χ0v) is 12.7. The van der Waals surface area contributed by atoms with Crippen LogP contribution in [0.3, 0.4) is 0 Å². The zero-order chi connectivity index (χ0) is 15.2. The minimum Gasteiger partial charge on any atom is -0.397 e. The van der Waals surface area contributed by atoms with Crippen molar-refractivity contribution < 1.29 is 4.79 Å². The maximum atomic E-state index is 12.5. The van der Waals surface area contributed by atoms with Gasteiger partial charge in [0.2, 0.25) is 0 Å². The normalized spacial score (nSPS) is 10.4. The number of pyridine rings is 1. The van der Waals surface area contributed by atoms with Crippen molar-refractivity contribution in [3.63, 3.8) is 0 Å². The summed E-state index contributed by atoms with van der Waals surface area (Å²) in [4.78, 5) is 18.2. The third-order valence-electron chi connectivity index (χ3n) is 3.31. The van der Waals surface area contributed by atoms with Crippen LogP contribution in [0.1, 0.15) is 22.8 Å². The Morgan fingerprint density at radius 3 is 2.71 bits per heavy atom. The Labute approximate surface area is 129 Å². The molecule has 0 fully saturated rings. The fraction of sp³-hybridized carbons (Fsp3) is 0.250. The van der Waals surface area contributed by atoms with Crippen LogP contribution in [0.4, 0.5) is 5.69 Å². The Morgan fingerprint density at radius 2 is 2.05 bits per heavy atom. The van der Waals surface area contributed by atoms with Crippen LogP contribution in [0.25, 0.3) is 0 Å². The van der Waals surface area contributed by atoms with Crippen molar-refractivity contribution in [3.8, 4) is 0 Å². The third-order valence-corrected chi connectivity index (χ3v) is 3.52. The summed E-state index contributed by atoms with van der Waals surface area (Å²) in [7, 11) is 0. The molecule has 0 atom stereocenters. The molecule has 0 aliphatic rings. The highest BCUT2D eigenvalue weighted by atomic mass is 35.5. The van der Waals surface area contributed by atoms with Gasteiger partial charge in [0.25, 0.3) is 5.91 Å². The van der Waals surface area contributed by atoms with Crippen molar-refractivity contribution in [3.05, 3.63) is 58.9 Å². The van der Waals surface area contributed by atoms with Gasteiger partial charge in [-0.3, -0.25) is 4.79 Å². The first-order chi connectivity index (χ1) is 10.1. The molecule has 0 bridgehead atoms. The molecule has 2 rings (SSSR count). The topological polar surface area (TPSA) is 59.2 Å². The molecular formula is C16H18ClN3O. The molecule has 0 radical (unpaired) electrons. The van der Waals surface area contributed by atoms with Crippen LogP contribution in [0.5, 0.6) is 0 Å². The van der Waals surface area contributed by atoms with Gasteiger partial charge < -0.3 is 10.6 Å². The summed E-state index contributed by atoms with van der Waals surface area (Å²) in [6.07, 6.45) is 2.22. The summed E-state index contributed by atoms with van der Waals surface area (Å²) in [6, 6.07) is 11.6. The summed E-state index contributed by atoms with van der Waals surface area (Å²) < 4.78 is 0. The third kappa shape index (κ3) is 3.95. The Kier molecular flexibility index (Phi) is 5.17. The number of nitrogens with zero attached hydrogens (tertiary/aromatic N) is 2. The van der Waals surface area contributed by atoms with E-state index >= 15 is 0 Å². The van der Waals surface area contributed by atoms with E-state index in [2.05, 4.69) is 17.1 Å². The van der Waals surface area contributed by atoms with E-state index in [-0.39, 0.29) is 11.1 Å². The number of carbonyl (C=O) groups is 1. The van der Waals surface area contributed by atoms with E-state index in [1.165, 1.54) is 17.8 Å². The first-order valence-corrected chi connectivity index (χ1v) is 7.23. The van der Waals surface area contributed by atoms with Crippen LogP contribution in [-0.2, 0) is 6.42 Å². The fourth-order valence-corrected chi connectivity index (χ4v) is 2.27. The quantitative estimate of drug-likeness (QED) is 0.864. The lowest BCUT2D eigenvalue weighted by molar-refractivity contribution is 0.0767. The molecule has 1 aromatic heterocycles. The number of anilines is 1. The number of benzene rings is 1. The van der Waals surface area contributed by atoms with Gasteiger partial charge in [-0.2, -0.15) is 0 Å². The number of carbonyl (C=O) groups excluding carboxylic acids is 1. The number of nitrogens with two attached hydrogens (primary N) is 1. The van der Waals surface area contributed by atoms with Crippen molar-refractivity contribution in [2.24, 2.45) is 0 Å². The summed E-state index contributed by atoms with van der Waals surface area (Å²) >= 11 is 5.84. The summed E-state index contributed by atoms with van der Waals surface area (Å²) in [5.74, 6) is -0.116. The van der Waals surface area contributed by atoms with Crippen molar-refractivity contribution in [1.82, 2.24) is 9.88 Å². The number of nitrogen functional groups attached to an aromatic ring is 1. The van der Waals surface area contributed by atoms with Crippen LogP contribution in [-0.4, -0.2) is 28.9 Å². The van der Waals surface area contributed by atoms with Gasteiger partial charge in [-0.25, -0.2) is 4.98 Å². The number of amides is 1. The van der Waals surface area contributed by atoms with E-state index in [4.69, 9.17) is 17.3 Å². The predicted octanol–water partition coefficient (Wildman–Crippen LogP) is 3.02. The Morgan fingerprint density at radius 1 is 1.33 bits per heavy atom. The molecule has 0 aliphatic heterocycles. The minimum absolute atomic E-state index is 0.116. The van der Waals surface area contributed by atoms with E-state index in [9.17, 15) is 4.79 Å². The van der Waals surface area contributed by atoms with Crippen molar-refractivity contribution in [2.45, 2.75) is 13.3 Å². The van der Waals surface area contributed by atoms with Crippen LogP contribution in [0.2, 0.25) is 5.15 Å². The first kappa shape index (κ1) is 15.3. The monoisotopic (exact) mass is 303 g/mol. The molecule has 4 nitrogen and oxygen atoms in total. The molecule has 110 valence electrons. The second-order valence-electron chi connectivity index (χ2n) is 4.71. The molecule has 2 N–H and O–H groups in total. The first-order valence-electron chi connectivity index (χ1n) is 6.86. The second-order valence-corrected chi connectivity index (χ2v) is 5.10. The predicted molar refractivity (Wildman–Crippen MR) is 85.4 cm³/mol. The van der Waals surface area contributed by atoms with E-state index in [0.29, 0.717) is 24.3 Å². The van der Waals surface area contributed by atoms with E-state index in [1.807, 2.05) is 25.1 Å². The second kappa shape index (κ2) is 7.09. The molecule has 0 saturated carbocycles. The number of likely N-dealkylation sites (N-methyl/N-ethyl adjacent to an activating group) is 1. The lowest BCUT2D eigenvalue weighted by Crippen LogP contribution is -2.33. The lowest BCUT2D eigenvalue weighted by atomic mass is 10.1. The van der Waals surface area contributed by atoms with Crippen LogP contribution in [0.15, 0.2) is 42.6 Å². The maximum Gasteiger partial charge on any atom is 0.256 e. The van der Waals surface area contributed by atoms with E-state index in [0.717, 1.165) is 6.42 Å². The van der Waals surface area contributed by atoms with E-state index in [1.54, 1.807) is 4.90 Å². The number of hydrogen-bond donors (Lipinski definition) is 1. The highest BCUT2D eigenvalue weighted by Crippen LogP contribution is 2.17. The number of halogens is 1.